The molecule has 43 heavy (non-hydrogen) atoms. The lowest BCUT2D eigenvalue weighted by Crippen LogP contribution is -2.48. The largest absolute Gasteiger partial charge is 0.451 e. The number of anilines is 2. The summed E-state index contributed by atoms with van der Waals surface area (Å²) >= 11 is 0. The van der Waals surface area contributed by atoms with E-state index in [0.717, 1.165) is 16.5 Å². The number of carbonyl (C=O) groups excluding carboxylic acids is 2. The van der Waals surface area contributed by atoms with Crippen molar-refractivity contribution in [2.75, 3.05) is 36.4 Å². The summed E-state index contributed by atoms with van der Waals surface area (Å²) in [5.74, 6) is -0.0158. The van der Waals surface area contributed by atoms with Crippen LogP contribution < -0.4 is 15.8 Å². The number of para-hydroxylation sites is 2. The normalized spacial score (nSPS) is 13.4. The number of rotatable bonds is 5. The highest BCUT2D eigenvalue weighted by molar-refractivity contribution is 6.05. The summed E-state index contributed by atoms with van der Waals surface area (Å²) in [6.07, 6.45) is 0. The number of furan rings is 1. The molecule has 1 saturated heterocycles. The fourth-order valence-electron chi connectivity index (χ4n) is 5.46. The highest BCUT2D eigenvalue weighted by Crippen LogP contribution is 2.25. The first-order valence-corrected chi connectivity index (χ1v) is 14.1. The van der Waals surface area contributed by atoms with Crippen LogP contribution in [-0.2, 0) is 0 Å². The van der Waals surface area contributed by atoms with Crippen LogP contribution in [0.25, 0.3) is 33.1 Å². The molecule has 0 bridgehead atoms. The van der Waals surface area contributed by atoms with E-state index >= 15 is 0 Å². The zero-order chi connectivity index (χ0) is 29.3. The molecule has 2 aromatic heterocycles. The third-order valence-corrected chi connectivity index (χ3v) is 7.77. The van der Waals surface area contributed by atoms with Gasteiger partial charge in [0, 0.05) is 53.9 Å². The number of fused-ring (bicyclic) bond motifs is 2. The van der Waals surface area contributed by atoms with Crippen molar-refractivity contribution in [1.82, 2.24) is 4.90 Å². The second-order valence-corrected chi connectivity index (χ2v) is 10.5. The summed E-state index contributed by atoms with van der Waals surface area (Å²) < 4.78 is 11.2. The van der Waals surface area contributed by atoms with Gasteiger partial charge in [-0.05, 0) is 66.2 Å². The van der Waals surface area contributed by atoms with Crippen LogP contribution in [0.4, 0.5) is 11.4 Å². The van der Waals surface area contributed by atoms with E-state index in [0.29, 0.717) is 65.5 Å². The second kappa shape index (κ2) is 11.0. The van der Waals surface area contributed by atoms with Gasteiger partial charge in [-0.2, -0.15) is 0 Å². The van der Waals surface area contributed by atoms with Crippen LogP contribution in [0.15, 0.2) is 123 Å². The Bertz CT molecular complexity index is 2000. The average molecular weight is 570 g/mol. The van der Waals surface area contributed by atoms with Gasteiger partial charge in [0.2, 0.25) is 0 Å². The lowest BCUT2D eigenvalue weighted by atomic mass is 10.0. The van der Waals surface area contributed by atoms with E-state index in [2.05, 4.69) is 10.2 Å². The molecule has 0 aliphatic carbocycles. The van der Waals surface area contributed by atoms with Gasteiger partial charge in [0.05, 0.1) is 5.56 Å². The minimum absolute atomic E-state index is 0.0977. The molecule has 7 rings (SSSR count). The molecule has 4 aromatic carbocycles. The first-order valence-electron chi connectivity index (χ1n) is 14.1. The number of piperazine rings is 1. The van der Waals surface area contributed by atoms with Crippen molar-refractivity contribution >= 4 is 45.1 Å². The van der Waals surface area contributed by atoms with Crippen LogP contribution >= 0.6 is 0 Å². The Morgan fingerprint density at radius 3 is 2.07 bits per heavy atom. The van der Waals surface area contributed by atoms with Crippen molar-refractivity contribution in [3.63, 3.8) is 0 Å². The van der Waals surface area contributed by atoms with Gasteiger partial charge < -0.3 is 24.0 Å². The summed E-state index contributed by atoms with van der Waals surface area (Å²) in [7, 11) is 0. The van der Waals surface area contributed by atoms with Gasteiger partial charge in [0.1, 0.15) is 11.2 Å². The SMILES string of the molecule is O=C(Nc1ccc(N2CCN(C(=O)c3cc4ccccc4o3)CC2)cc1)c1cccc(-c2cc3ccccc3oc2=O)c1. The van der Waals surface area contributed by atoms with E-state index in [9.17, 15) is 14.4 Å². The molecule has 212 valence electrons. The minimum atomic E-state index is -0.452. The maximum atomic E-state index is 13.1. The van der Waals surface area contributed by atoms with Crippen LogP contribution in [0.2, 0.25) is 0 Å². The Balaban J connectivity index is 0.989. The molecule has 6 aromatic rings. The Hall–Kier alpha value is -5.63. The smallest absolute Gasteiger partial charge is 0.344 e. The third-order valence-electron chi connectivity index (χ3n) is 7.77. The summed E-state index contributed by atoms with van der Waals surface area (Å²) in [6, 6.07) is 33.1. The number of hydrogen-bond acceptors (Lipinski definition) is 6. The summed E-state index contributed by atoms with van der Waals surface area (Å²) in [5.41, 5.74) is 3.89. The molecule has 0 unspecified atom stereocenters. The number of benzene rings is 4. The van der Waals surface area contributed by atoms with Crippen molar-refractivity contribution in [1.29, 1.82) is 0 Å². The fraction of sp³-hybridized carbons (Fsp3) is 0.114. The second-order valence-electron chi connectivity index (χ2n) is 10.5. The Kier molecular flexibility index (Phi) is 6.71. The van der Waals surface area contributed by atoms with Gasteiger partial charge in [-0.15, -0.1) is 0 Å². The van der Waals surface area contributed by atoms with Crippen LogP contribution in [0, 0.1) is 0 Å². The maximum Gasteiger partial charge on any atom is 0.344 e. The maximum absolute atomic E-state index is 13.1. The lowest BCUT2D eigenvalue weighted by Gasteiger charge is -2.35. The molecule has 1 N–H and O–H groups in total. The van der Waals surface area contributed by atoms with Gasteiger partial charge >= 0.3 is 5.63 Å². The Morgan fingerprint density at radius 2 is 1.35 bits per heavy atom. The van der Waals surface area contributed by atoms with E-state index < -0.39 is 5.63 Å². The Labute approximate surface area is 246 Å². The summed E-state index contributed by atoms with van der Waals surface area (Å²) in [4.78, 5) is 42.7. The zero-order valence-electron chi connectivity index (χ0n) is 23.2. The number of amides is 2. The molecule has 0 saturated carbocycles. The molecule has 8 heteroatoms. The number of carbonyl (C=O) groups is 2. The van der Waals surface area contributed by atoms with Crippen molar-refractivity contribution < 1.29 is 18.4 Å². The number of nitrogens with zero attached hydrogens (tertiary/aromatic N) is 2. The fourth-order valence-corrected chi connectivity index (χ4v) is 5.46. The average Bonchev–Trinajstić information content (AvgIpc) is 3.49. The van der Waals surface area contributed by atoms with E-state index in [-0.39, 0.29) is 11.8 Å². The molecule has 1 aliphatic rings. The first-order chi connectivity index (χ1) is 21.0. The van der Waals surface area contributed by atoms with E-state index in [1.807, 2.05) is 71.6 Å². The van der Waals surface area contributed by atoms with Gasteiger partial charge in [-0.25, -0.2) is 4.79 Å². The van der Waals surface area contributed by atoms with Crippen molar-refractivity contribution in [2.24, 2.45) is 0 Å². The number of nitrogens with one attached hydrogen (secondary N) is 1. The van der Waals surface area contributed by atoms with Crippen LogP contribution in [0.3, 0.4) is 0 Å². The molecular formula is C35H27N3O5. The molecule has 8 nitrogen and oxygen atoms in total. The molecule has 1 fully saturated rings. The number of hydrogen-bond donors (Lipinski definition) is 1. The predicted octanol–water partition coefficient (Wildman–Crippen LogP) is 6.42. The van der Waals surface area contributed by atoms with E-state index in [1.54, 1.807) is 42.5 Å². The quantitative estimate of drug-likeness (QED) is 0.241. The van der Waals surface area contributed by atoms with Crippen LogP contribution in [-0.4, -0.2) is 42.9 Å². The summed E-state index contributed by atoms with van der Waals surface area (Å²) in [6.45, 7) is 2.54. The third kappa shape index (κ3) is 5.26. The zero-order valence-corrected chi connectivity index (χ0v) is 23.2. The molecular weight excluding hydrogens is 542 g/mol. The standard InChI is InChI=1S/C35H27N3O5/c39-33(26-9-5-8-23(20-26)29-21-24-6-1-4-11-31(24)43-35(29)41)36-27-12-14-28(15-13-27)37-16-18-38(19-17-37)34(40)32-22-25-7-2-3-10-30(25)42-32/h1-15,20-22H,16-19H2,(H,36,39). The highest BCUT2D eigenvalue weighted by Gasteiger charge is 2.25. The molecule has 0 spiro atoms. The molecule has 3 heterocycles. The van der Waals surface area contributed by atoms with Gasteiger partial charge in [0.25, 0.3) is 11.8 Å². The Morgan fingerprint density at radius 1 is 0.674 bits per heavy atom. The lowest BCUT2D eigenvalue weighted by molar-refractivity contribution is 0.0717. The predicted molar refractivity (Wildman–Crippen MR) is 167 cm³/mol. The highest BCUT2D eigenvalue weighted by atomic mass is 16.4. The molecule has 0 radical (unpaired) electrons. The monoisotopic (exact) mass is 569 g/mol. The van der Waals surface area contributed by atoms with E-state index in [4.69, 9.17) is 8.83 Å². The topological polar surface area (TPSA) is 96.0 Å². The van der Waals surface area contributed by atoms with Crippen molar-refractivity contribution in [3.8, 4) is 11.1 Å². The first kappa shape index (κ1) is 26.3. The van der Waals surface area contributed by atoms with Crippen molar-refractivity contribution in [3.05, 3.63) is 131 Å². The minimum Gasteiger partial charge on any atom is -0.451 e. The van der Waals surface area contributed by atoms with Crippen LogP contribution in [0.5, 0.6) is 0 Å². The van der Waals surface area contributed by atoms with Gasteiger partial charge in [0.15, 0.2) is 5.76 Å². The van der Waals surface area contributed by atoms with Gasteiger partial charge in [-0.1, -0.05) is 48.5 Å². The van der Waals surface area contributed by atoms with Gasteiger partial charge in [-0.3, -0.25) is 9.59 Å². The van der Waals surface area contributed by atoms with Crippen LogP contribution in [0.1, 0.15) is 20.9 Å². The molecule has 0 atom stereocenters. The van der Waals surface area contributed by atoms with E-state index in [1.165, 1.54) is 0 Å². The molecule has 2 amide bonds. The summed E-state index contributed by atoms with van der Waals surface area (Å²) in [5, 5.41) is 4.67. The molecule has 1 aliphatic heterocycles. The van der Waals surface area contributed by atoms with Crippen molar-refractivity contribution in [2.45, 2.75) is 0 Å².